The number of rotatable bonds is 13. The molecule has 1 rings (SSSR count). The summed E-state index contributed by atoms with van der Waals surface area (Å²) < 4.78 is 0. The van der Waals surface area contributed by atoms with E-state index in [1.165, 1.54) is 12.5 Å². The van der Waals surface area contributed by atoms with E-state index in [0.717, 1.165) is 0 Å². The van der Waals surface area contributed by atoms with E-state index in [-0.39, 0.29) is 12.2 Å². The third kappa shape index (κ3) is 8.55. The van der Waals surface area contributed by atoms with Gasteiger partial charge < -0.3 is 36.9 Å². The van der Waals surface area contributed by atoms with Gasteiger partial charge in [0.1, 0.15) is 18.1 Å². The fraction of sp³-hybridized carbons (Fsp3) is 0.556. The third-order valence-electron chi connectivity index (χ3n) is 4.39. The van der Waals surface area contributed by atoms with E-state index in [1.807, 2.05) is 0 Å². The fourth-order valence-corrected chi connectivity index (χ4v) is 2.88. The summed E-state index contributed by atoms with van der Waals surface area (Å²) >= 11 is 4.01. The molecule has 4 unspecified atom stereocenters. The Hall–Kier alpha value is -3.13. The minimum atomic E-state index is -1.37. The Kier molecular flexibility index (Phi) is 10.6. The predicted octanol–water partition coefficient (Wildman–Crippen LogP) is -2.12. The quantitative estimate of drug-likeness (QED) is 0.147. The Morgan fingerprint density at radius 2 is 1.69 bits per heavy atom. The zero-order valence-electron chi connectivity index (χ0n) is 17.6. The number of carbonyl (C=O) groups is 5. The molecule has 0 spiro atoms. The summed E-state index contributed by atoms with van der Waals surface area (Å²) in [5.74, 6) is -5.48. The van der Waals surface area contributed by atoms with E-state index in [0.29, 0.717) is 5.69 Å². The number of nitrogens with one attached hydrogen (secondary N) is 4. The fourth-order valence-electron chi connectivity index (χ4n) is 2.62. The predicted molar refractivity (Wildman–Crippen MR) is 115 cm³/mol. The number of hydrogen-bond donors (Lipinski definition) is 8. The molecule has 0 saturated carbocycles. The molecule has 0 saturated heterocycles. The number of hydrogen-bond acceptors (Lipinski definition) is 8. The van der Waals surface area contributed by atoms with Crippen molar-refractivity contribution in [2.45, 2.75) is 50.9 Å². The summed E-state index contributed by atoms with van der Waals surface area (Å²) in [6.45, 7) is 3.29. The minimum Gasteiger partial charge on any atom is -0.481 e. The van der Waals surface area contributed by atoms with Gasteiger partial charge in [0.15, 0.2) is 0 Å². The number of amides is 3. The molecule has 178 valence electrons. The average Bonchev–Trinajstić information content (AvgIpc) is 3.21. The van der Waals surface area contributed by atoms with Crippen LogP contribution in [0.4, 0.5) is 0 Å². The highest BCUT2D eigenvalue weighted by Crippen LogP contribution is 2.06. The van der Waals surface area contributed by atoms with E-state index >= 15 is 0 Å². The van der Waals surface area contributed by atoms with Crippen molar-refractivity contribution in [3.63, 3.8) is 0 Å². The molecule has 0 aliphatic carbocycles. The smallest absolute Gasteiger partial charge is 0.326 e. The summed E-state index contributed by atoms with van der Waals surface area (Å²) in [6, 6.07) is -4.95. The van der Waals surface area contributed by atoms with Crippen LogP contribution in [0.15, 0.2) is 12.5 Å². The second-order valence-corrected chi connectivity index (χ2v) is 7.72. The van der Waals surface area contributed by atoms with Crippen molar-refractivity contribution < 1.29 is 34.2 Å². The molecule has 8 N–H and O–H groups in total. The van der Waals surface area contributed by atoms with Crippen molar-refractivity contribution in [1.82, 2.24) is 25.9 Å². The highest BCUT2D eigenvalue weighted by molar-refractivity contribution is 7.80. The number of aliphatic carboxylic acids is 2. The van der Waals surface area contributed by atoms with Gasteiger partial charge in [0.05, 0.1) is 18.8 Å². The summed E-state index contributed by atoms with van der Waals surface area (Å²) in [4.78, 5) is 66.1. The minimum absolute atomic E-state index is 0.0450. The molecule has 0 aromatic carbocycles. The molecule has 13 nitrogen and oxygen atoms in total. The summed E-state index contributed by atoms with van der Waals surface area (Å²) in [5.41, 5.74) is 5.98. The van der Waals surface area contributed by atoms with Gasteiger partial charge in [-0.15, -0.1) is 0 Å². The molecule has 14 heteroatoms. The number of thiol groups is 1. The van der Waals surface area contributed by atoms with Gasteiger partial charge in [0.25, 0.3) is 0 Å². The Bertz CT molecular complexity index is 817. The zero-order valence-corrected chi connectivity index (χ0v) is 18.5. The molecular formula is C18H28N6O7S. The lowest BCUT2D eigenvalue weighted by molar-refractivity contribution is -0.142. The Labute approximate surface area is 189 Å². The van der Waals surface area contributed by atoms with Crippen LogP contribution in [-0.2, 0) is 30.4 Å². The molecule has 1 heterocycles. The molecule has 32 heavy (non-hydrogen) atoms. The number of H-pyrrole nitrogens is 1. The van der Waals surface area contributed by atoms with Crippen molar-refractivity contribution in [3.05, 3.63) is 18.2 Å². The zero-order chi connectivity index (χ0) is 24.4. The van der Waals surface area contributed by atoms with Gasteiger partial charge in [-0.1, -0.05) is 13.8 Å². The molecule has 1 aromatic heterocycles. The number of nitrogens with zero attached hydrogens (tertiary/aromatic N) is 1. The van der Waals surface area contributed by atoms with Crippen LogP contribution in [0.25, 0.3) is 0 Å². The van der Waals surface area contributed by atoms with Crippen LogP contribution in [0.3, 0.4) is 0 Å². The molecule has 0 aliphatic heterocycles. The normalized spacial score (nSPS) is 14.7. The number of carboxylic acids is 2. The van der Waals surface area contributed by atoms with Gasteiger partial charge in [-0.3, -0.25) is 19.2 Å². The lowest BCUT2D eigenvalue weighted by atomic mass is 10.0. The van der Waals surface area contributed by atoms with Gasteiger partial charge in [-0.25, -0.2) is 9.78 Å². The monoisotopic (exact) mass is 472 g/mol. The number of carboxylic acid groups (broad SMARTS) is 2. The van der Waals surface area contributed by atoms with Gasteiger partial charge >= 0.3 is 11.9 Å². The number of imidazole rings is 1. The summed E-state index contributed by atoms with van der Waals surface area (Å²) in [6.07, 6.45) is 2.13. The standard InChI is InChI=1S/C18H28N6O7S/c1-8(2)14(17(29)22-11(18(30)31)3-9-5-20-7-21-9)24-16(28)12(6-32)23-15(27)10(19)4-13(25)26/h5,7-8,10-12,14,32H,3-4,6,19H2,1-2H3,(H,20,21)(H,22,29)(H,23,27)(H,24,28)(H,25,26)(H,30,31). The third-order valence-corrected chi connectivity index (χ3v) is 4.75. The molecule has 0 radical (unpaired) electrons. The van der Waals surface area contributed by atoms with Crippen LogP contribution in [-0.4, -0.2) is 79.8 Å². The second-order valence-electron chi connectivity index (χ2n) is 7.36. The largest absolute Gasteiger partial charge is 0.481 e. The number of carbonyl (C=O) groups excluding carboxylic acids is 3. The van der Waals surface area contributed by atoms with E-state index in [2.05, 4.69) is 38.5 Å². The first kappa shape index (κ1) is 26.9. The first-order valence-corrected chi connectivity index (χ1v) is 10.3. The van der Waals surface area contributed by atoms with Crippen molar-refractivity contribution in [2.75, 3.05) is 5.75 Å². The molecule has 0 bridgehead atoms. The van der Waals surface area contributed by atoms with Crippen LogP contribution in [0.1, 0.15) is 26.0 Å². The lowest BCUT2D eigenvalue weighted by Crippen LogP contribution is -2.59. The van der Waals surface area contributed by atoms with E-state index in [9.17, 15) is 29.1 Å². The van der Waals surface area contributed by atoms with Crippen molar-refractivity contribution in [2.24, 2.45) is 11.7 Å². The first-order valence-electron chi connectivity index (χ1n) is 9.65. The Morgan fingerprint density at radius 3 is 2.16 bits per heavy atom. The highest BCUT2D eigenvalue weighted by Gasteiger charge is 2.32. The van der Waals surface area contributed by atoms with Crippen molar-refractivity contribution in [1.29, 1.82) is 0 Å². The highest BCUT2D eigenvalue weighted by atomic mass is 32.1. The molecule has 0 aliphatic rings. The van der Waals surface area contributed by atoms with Gasteiger partial charge in [-0.2, -0.15) is 12.6 Å². The molecule has 3 amide bonds. The molecule has 1 aromatic rings. The van der Waals surface area contributed by atoms with Crippen molar-refractivity contribution in [3.8, 4) is 0 Å². The maximum atomic E-state index is 12.7. The van der Waals surface area contributed by atoms with Crippen LogP contribution in [0.5, 0.6) is 0 Å². The number of aromatic amines is 1. The number of aromatic nitrogens is 2. The molecule has 4 atom stereocenters. The van der Waals surface area contributed by atoms with Crippen LogP contribution in [0, 0.1) is 5.92 Å². The average molecular weight is 473 g/mol. The summed E-state index contributed by atoms with van der Waals surface area (Å²) in [7, 11) is 0. The first-order chi connectivity index (χ1) is 15.0. The Balaban J connectivity index is 2.82. The lowest BCUT2D eigenvalue weighted by Gasteiger charge is -2.26. The van der Waals surface area contributed by atoms with E-state index < -0.39 is 66.2 Å². The van der Waals surface area contributed by atoms with Crippen LogP contribution in [0.2, 0.25) is 0 Å². The Morgan fingerprint density at radius 1 is 1.06 bits per heavy atom. The SMILES string of the molecule is CC(C)C(NC(=O)C(CS)NC(=O)C(N)CC(=O)O)C(=O)NC(Cc1cnc[nH]1)C(=O)O. The second kappa shape index (κ2) is 12.7. The van der Waals surface area contributed by atoms with Gasteiger partial charge in [0.2, 0.25) is 17.7 Å². The molecule has 0 fully saturated rings. The van der Waals surface area contributed by atoms with Crippen molar-refractivity contribution >= 4 is 42.3 Å². The van der Waals surface area contributed by atoms with E-state index in [4.69, 9.17) is 10.8 Å². The maximum absolute atomic E-state index is 12.7. The topological polar surface area (TPSA) is 217 Å². The van der Waals surface area contributed by atoms with Crippen LogP contribution >= 0.6 is 12.6 Å². The summed E-state index contributed by atoms with van der Waals surface area (Å²) in [5, 5.41) is 25.3. The van der Waals surface area contributed by atoms with Crippen LogP contribution < -0.4 is 21.7 Å². The maximum Gasteiger partial charge on any atom is 0.326 e. The van der Waals surface area contributed by atoms with Gasteiger partial charge in [-0.05, 0) is 5.92 Å². The number of nitrogens with two attached hydrogens (primary N) is 1. The molecular weight excluding hydrogens is 444 g/mol. The van der Waals surface area contributed by atoms with Gasteiger partial charge in [0, 0.05) is 24.1 Å². The van der Waals surface area contributed by atoms with E-state index in [1.54, 1.807) is 13.8 Å².